The van der Waals surface area contributed by atoms with E-state index in [1.165, 1.54) is 49.5 Å². The van der Waals surface area contributed by atoms with Crippen LogP contribution in [0.15, 0.2) is 72.8 Å². The van der Waals surface area contributed by atoms with E-state index < -0.39 is 5.41 Å². The highest BCUT2D eigenvalue weighted by Crippen LogP contribution is 2.77. The van der Waals surface area contributed by atoms with E-state index >= 15 is 0 Å². The lowest BCUT2D eigenvalue weighted by Gasteiger charge is -2.72. The third kappa shape index (κ3) is 4.96. The number of carbonyl (C=O) groups is 2. The first kappa shape index (κ1) is 34.3. The predicted molar refractivity (Wildman–Crippen MR) is 196 cm³/mol. The summed E-state index contributed by atoms with van der Waals surface area (Å²) < 4.78 is 11.2. The van der Waals surface area contributed by atoms with Crippen LogP contribution in [0.1, 0.15) is 121 Å². The highest BCUT2D eigenvalue weighted by atomic mass is 16.5. The smallest absolute Gasteiger partial charge is 0.337 e. The number of methoxy groups -OCH3 is 1. The highest BCUT2D eigenvalue weighted by Gasteiger charge is 2.71. The van der Waals surface area contributed by atoms with E-state index in [0.717, 1.165) is 37.7 Å². The number of esters is 2. The van der Waals surface area contributed by atoms with Gasteiger partial charge in [0.15, 0.2) is 0 Å². The molecule has 0 heterocycles. The van der Waals surface area contributed by atoms with Crippen LogP contribution in [0.4, 0.5) is 0 Å². The van der Waals surface area contributed by atoms with Gasteiger partial charge in [-0.05, 0) is 145 Å². The minimum atomic E-state index is -0.402. The Bertz CT molecular complexity index is 1650. The zero-order valence-electron chi connectivity index (χ0n) is 31.1. The fourth-order valence-electron chi connectivity index (χ4n) is 13.4. The van der Waals surface area contributed by atoms with Crippen LogP contribution in [-0.4, -0.2) is 19.0 Å². The summed E-state index contributed by atoms with van der Waals surface area (Å²) in [5.41, 5.74) is 5.72. The molecule has 0 amide bonds. The molecule has 9 atom stereocenters. The van der Waals surface area contributed by atoms with Crippen LogP contribution in [0, 0.1) is 56.7 Å². The van der Waals surface area contributed by atoms with E-state index in [2.05, 4.69) is 78.5 Å². The molecule has 0 radical (unpaired) electrons. The topological polar surface area (TPSA) is 52.6 Å². The molecule has 0 aliphatic heterocycles. The lowest BCUT2D eigenvalue weighted by atomic mass is 9.32. The Morgan fingerprint density at radius 1 is 0.816 bits per heavy atom. The second-order valence-corrected chi connectivity index (χ2v) is 18.0. The predicted octanol–water partition coefficient (Wildman–Crippen LogP) is 10.9. The average Bonchev–Trinajstić information content (AvgIpc) is 3.49. The van der Waals surface area contributed by atoms with Crippen molar-refractivity contribution in [2.24, 2.45) is 56.7 Å². The molecule has 0 bridgehead atoms. The first-order valence-electron chi connectivity index (χ1n) is 19.0. The van der Waals surface area contributed by atoms with Crippen molar-refractivity contribution >= 4 is 17.5 Å². The summed E-state index contributed by atoms with van der Waals surface area (Å²) in [6, 6.07) is 18.2. The summed E-state index contributed by atoms with van der Waals surface area (Å²) in [5, 5.41) is 0. The minimum absolute atomic E-state index is 0.0135. The van der Waals surface area contributed by atoms with E-state index in [0.29, 0.717) is 41.8 Å². The summed E-state index contributed by atoms with van der Waals surface area (Å²) >= 11 is 0. The molecule has 7 rings (SSSR count). The molecule has 4 heteroatoms. The Morgan fingerprint density at radius 2 is 1.53 bits per heavy atom. The van der Waals surface area contributed by atoms with Gasteiger partial charge < -0.3 is 9.47 Å². The van der Waals surface area contributed by atoms with Crippen molar-refractivity contribution in [1.82, 2.24) is 0 Å². The number of allylic oxidation sites excluding steroid dienone is 3. The molecule has 4 fully saturated rings. The van der Waals surface area contributed by atoms with Gasteiger partial charge in [-0.3, -0.25) is 4.79 Å². The van der Waals surface area contributed by atoms with Gasteiger partial charge in [-0.1, -0.05) is 95.3 Å². The van der Waals surface area contributed by atoms with Gasteiger partial charge >= 0.3 is 11.9 Å². The summed E-state index contributed by atoms with van der Waals surface area (Å²) in [6.45, 7) is 19.9. The monoisotopic (exact) mass is 662 g/mol. The van der Waals surface area contributed by atoms with Gasteiger partial charge in [-0.25, -0.2) is 4.79 Å². The SMILES string of the molecule is C=C(C)[C@H]1CC[C@]2(C(=O)OCc3ccccc3)CC[C@]3(C)[C@H](CC[C@@H]4C5(C)CC=C(c6ccc(C(=O)OC)cc6)C(C)(C)[C@@H]5CC[C@]43C)[C@@H]12. The molecule has 5 aliphatic rings. The van der Waals surface area contributed by atoms with E-state index in [1.807, 2.05) is 30.3 Å². The molecule has 49 heavy (non-hydrogen) atoms. The Kier molecular flexibility index (Phi) is 8.39. The number of benzene rings is 2. The molecule has 4 nitrogen and oxygen atoms in total. The molecule has 2 aromatic rings. The third-order valence-electron chi connectivity index (χ3n) is 15.9. The van der Waals surface area contributed by atoms with Gasteiger partial charge in [0, 0.05) is 0 Å². The normalized spacial score (nSPS) is 38.9. The van der Waals surface area contributed by atoms with E-state index in [-0.39, 0.29) is 33.6 Å². The second kappa shape index (κ2) is 12.0. The van der Waals surface area contributed by atoms with Gasteiger partial charge in [0.2, 0.25) is 0 Å². The van der Waals surface area contributed by atoms with Crippen molar-refractivity contribution in [2.45, 2.75) is 106 Å². The quantitative estimate of drug-likeness (QED) is 0.228. The maximum Gasteiger partial charge on any atom is 0.337 e. The molecule has 0 saturated heterocycles. The zero-order chi connectivity index (χ0) is 35.0. The number of fused-ring (bicyclic) bond motifs is 7. The summed E-state index contributed by atoms with van der Waals surface area (Å²) in [4.78, 5) is 26.5. The van der Waals surface area contributed by atoms with Crippen LogP contribution in [0.5, 0.6) is 0 Å². The highest BCUT2D eigenvalue weighted by molar-refractivity contribution is 5.90. The molecule has 5 aliphatic carbocycles. The number of hydrogen-bond acceptors (Lipinski definition) is 4. The maximum absolute atomic E-state index is 14.3. The Balaban J connectivity index is 1.19. The second-order valence-electron chi connectivity index (χ2n) is 18.0. The van der Waals surface area contributed by atoms with Crippen LogP contribution in [-0.2, 0) is 20.9 Å². The fraction of sp³-hybridized carbons (Fsp3) is 0.600. The average molecular weight is 663 g/mol. The van der Waals surface area contributed by atoms with Crippen LogP contribution in [0.2, 0.25) is 0 Å². The fourth-order valence-corrected chi connectivity index (χ4v) is 13.4. The van der Waals surface area contributed by atoms with Gasteiger partial charge in [0.05, 0.1) is 18.1 Å². The summed E-state index contributed by atoms with van der Waals surface area (Å²) in [6.07, 6.45) is 12.5. The van der Waals surface area contributed by atoms with Crippen molar-refractivity contribution in [2.75, 3.05) is 7.11 Å². The van der Waals surface area contributed by atoms with Gasteiger partial charge in [0.1, 0.15) is 6.61 Å². The largest absolute Gasteiger partial charge is 0.465 e. The van der Waals surface area contributed by atoms with Crippen LogP contribution in [0.3, 0.4) is 0 Å². The number of carbonyl (C=O) groups excluding carboxylic acids is 2. The van der Waals surface area contributed by atoms with Gasteiger partial charge in [0.25, 0.3) is 0 Å². The lowest BCUT2D eigenvalue weighted by molar-refractivity contribution is -0.229. The zero-order valence-corrected chi connectivity index (χ0v) is 31.1. The number of ether oxygens (including phenoxy) is 2. The molecular formula is C45H58O4. The molecular weight excluding hydrogens is 604 g/mol. The van der Waals surface area contributed by atoms with E-state index in [4.69, 9.17) is 9.47 Å². The van der Waals surface area contributed by atoms with Crippen LogP contribution < -0.4 is 0 Å². The standard InChI is InChI=1S/C45H58O4/c1-29(2)33-20-25-45(40(47)49-28-30-12-10-9-11-13-30)27-26-43(6)35(38(33)45)18-19-37-42(5)23-21-34(31-14-16-32(17-15-31)39(46)48-8)41(3,4)36(42)22-24-44(37,43)7/h9-17,21,33,35-38H,1,18-20,22-28H2,2-8H3/t33-,35-,36+,37-,38-,42?,43-,44-,45+/m1/s1. The van der Waals surface area contributed by atoms with Gasteiger partial charge in [-0.2, -0.15) is 0 Å². The molecule has 0 spiro atoms. The maximum atomic E-state index is 14.3. The molecule has 0 aromatic heterocycles. The Hall–Kier alpha value is -3.14. The molecule has 2 aromatic carbocycles. The van der Waals surface area contributed by atoms with Crippen molar-refractivity contribution < 1.29 is 19.1 Å². The van der Waals surface area contributed by atoms with Crippen LogP contribution >= 0.6 is 0 Å². The third-order valence-corrected chi connectivity index (χ3v) is 15.9. The van der Waals surface area contributed by atoms with Gasteiger partial charge in [-0.15, -0.1) is 0 Å². The van der Waals surface area contributed by atoms with Crippen LogP contribution in [0.25, 0.3) is 5.57 Å². The molecule has 4 saturated carbocycles. The van der Waals surface area contributed by atoms with Crippen molar-refractivity contribution in [3.05, 3.63) is 89.5 Å². The molecule has 1 unspecified atom stereocenters. The first-order valence-corrected chi connectivity index (χ1v) is 19.0. The van der Waals surface area contributed by atoms with Crippen molar-refractivity contribution in [3.8, 4) is 0 Å². The van der Waals surface area contributed by atoms with Crippen molar-refractivity contribution in [1.29, 1.82) is 0 Å². The van der Waals surface area contributed by atoms with E-state index in [9.17, 15) is 9.59 Å². The first-order chi connectivity index (χ1) is 23.2. The Labute approximate surface area is 295 Å². The molecule has 0 N–H and O–H groups in total. The molecule has 262 valence electrons. The summed E-state index contributed by atoms with van der Waals surface area (Å²) in [5.74, 6) is 2.13. The summed E-state index contributed by atoms with van der Waals surface area (Å²) in [7, 11) is 1.44. The van der Waals surface area contributed by atoms with Crippen molar-refractivity contribution in [3.63, 3.8) is 0 Å². The van der Waals surface area contributed by atoms with E-state index in [1.54, 1.807) is 0 Å². The number of hydrogen-bond donors (Lipinski definition) is 0. The minimum Gasteiger partial charge on any atom is -0.465 e. The Morgan fingerprint density at radius 3 is 2.20 bits per heavy atom. The lowest BCUT2D eigenvalue weighted by Crippen LogP contribution is -2.66. The number of rotatable bonds is 6.